The molecule has 27 heavy (non-hydrogen) atoms. The third kappa shape index (κ3) is 4.16. The number of methoxy groups -OCH3 is 1. The highest BCUT2D eigenvalue weighted by Gasteiger charge is 2.13. The highest BCUT2D eigenvalue weighted by atomic mass is 16.5. The van der Waals surface area contributed by atoms with Gasteiger partial charge in [0.2, 0.25) is 11.9 Å². The Kier molecular flexibility index (Phi) is 5.26. The number of rotatable bonds is 5. The fourth-order valence-corrected chi connectivity index (χ4v) is 2.96. The van der Waals surface area contributed by atoms with Gasteiger partial charge in [-0.3, -0.25) is 4.79 Å². The predicted octanol–water partition coefficient (Wildman–Crippen LogP) is 4.39. The average Bonchev–Trinajstić information content (AvgIpc) is 2.61. The van der Waals surface area contributed by atoms with Crippen molar-refractivity contribution >= 4 is 28.4 Å². The van der Waals surface area contributed by atoms with E-state index in [2.05, 4.69) is 20.6 Å². The fraction of sp³-hybridized carbons (Fsp3) is 0.286. The molecular weight excluding hydrogens is 340 g/mol. The first kappa shape index (κ1) is 18.6. The smallest absolute Gasteiger partial charge is 0.223 e. The third-order valence-corrected chi connectivity index (χ3v) is 4.17. The Morgan fingerprint density at radius 2 is 1.93 bits per heavy atom. The Hall–Kier alpha value is -3.15. The van der Waals surface area contributed by atoms with E-state index in [1.807, 2.05) is 57.3 Å². The molecule has 0 aliphatic rings. The van der Waals surface area contributed by atoms with Gasteiger partial charge in [-0.1, -0.05) is 6.07 Å². The van der Waals surface area contributed by atoms with Gasteiger partial charge in [0.1, 0.15) is 5.75 Å². The topological polar surface area (TPSA) is 76.1 Å². The molecule has 0 aliphatic heterocycles. The van der Waals surface area contributed by atoms with Gasteiger partial charge in [-0.25, -0.2) is 9.97 Å². The minimum absolute atomic E-state index is 0.103. The molecule has 140 valence electrons. The molecule has 0 aliphatic carbocycles. The zero-order valence-electron chi connectivity index (χ0n) is 16.3. The minimum atomic E-state index is -0.103. The van der Waals surface area contributed by atoms with E-state index in [4.69, 9.17) is 4.74 Å². The van der Waals surface area contributed by atoms with E-state index in [0.717, 1.165) is 39.0 Å². The summed E-state index contributed by atoms with van der Waals surface area (Å²) in [7, 11) is 1.64. The molecule has 6 heteroatoms. The number of hydrogen-bond acceptors (Lipinski definition) is 5. The standard InChI is InChI=1S/C21H24N4O2/c1-12(2)23-21-22-11-15-8-18(20(27-5)10-19(15)25-21)17-9-16(24-14(4)26)7-6-13(17)3/h6-12H,1-5H3,(H,24,26)(H,22,23,25). The van der Waals surface area contributed by atoms with Crippen LogP contribution in [0.15, 0.2) is 36.5 Å². The Bertz CT molecular complexity index is 999. The fourth-order valence-electron chi connectivity index (χ4n) is 2.96. The SMILES string of the molecule is COc1cc2nc(NC(C)C)ncc2cc1-c1cc(NC(C)=O)ccc1C. The van der Waals surface area contributed by atoms with Crippen LogP contribution in [-0.2, 0) is 4.79 Å². The van der Waals surface area contributed by atoms with Crippen LogP contribution >= 0.6 is 0 Å². The number of amides is 1. The zero-order chi connectivity index (χ0) is 19.6. The van der Waals surface area contributed by atoms with Gasteiger partial charge in [0.05, 0.1) is 12.6 Å². The molecule has 2 aromatic carbocycles. The van der Waals surface area contributed by atoms with Crippen LogP contribution in [0.2, 0.25) is 0 Å². The van der Waals surface area contributed by atoms with Crippen LogP contribution in [0, 0.1) is 6.92 Å². The molecule has 0 radical (unpaired) electrons. The van der Waals surface area contributed by atoms with Crippen LogP contribution in [0.5, 0.6) is 5.75 Å². The number of carbonyl (C=O) groups excluding carboxylic acids is 1. The summed E-state index contributed by atoms with van der Waals surface area (Å²) in [6.45, 7) is 7.61. The van der Waals surface area contributed by atoms with Gasteiger partial charge in [0.15, 0.2) is 0 Å². The molecule has 0 atom stereocenters. The molecule has 3 aromatic rings. The minimum Gasteiger partial charge on any atom is -0.496 e. The second-order valence-corrected chi connectivity index (χ2v) is 6.81. The van der Waals surface area contributed by atoms with Crippen molar-refractivity contribution in [2.45, 2.75) is 33.7 Å². The normalized spacial score (nSPS) is 10.9. The van der Waals surface area contributed by atoms with E-state index >= 15 is 0 Å². The molecule has 1 amide bonds. The number of benzene rings is 2. The lowest BCUT2D eigenvalue weighted by atomic mass is 9.97. The summed E-state index contributed by atoms with van der Waals surface area (Å²) in [6, 6.07) is 10.0. The van der Waals surface area contributed by atoms with E-state index < -0.39 is 0 Å². The Labute approximate surface area is 159 Å². The number of fused-ring (bicyclic) bond motifs is 1. The number of aryl methyl sites for hydroxylation is 1. The molecule has 0 saturated heterocycles. The highest BCUT2D eigenvalue weighted by Crippen LogP contribution is 2.36. The molecule has 0 bridgehead atoms. The maximum Gasteiger partial charge on any atom is 0.223 e. The quantitative estimate of drug-likeness (QED) is 0.702. The molecule has 1 heterocycles. The van der Waals surface area contributed by atoms with Crippen LogP contribution in [0.25, 0.3) is 22.0 Å². The van der Waals surface area contributed by atoms with Crippen molar-refractivity contribution in [1.82, 2.24) is 9.97 Å². The van der Waals surface area contributed by atoms with Gasteiger partial charge >= 0.3 is 0 Å². The van der Waals surface area contributed by atoms with Crippen molar-refractivity contribution in [3.05, 3.63) is 42.1 Å². The molecule has 0 fully saturated rings. The van der Waals surface area contributed by atoms with Gasteiger partial charge in [-0.05, 0) is 50.1 Å². The second kappa shape index (κ2) is 7.61. The van der Waals surface area contributed by atoms with E-state index in [9.17, 15) is 4.79 Å². The van der Waals surface area contributed by atoms with Gasteiger partial charge in [0.25, 0.3) is 0 Å². The molecule has 0 unspecified atom stereocenters. The number of hydrogen-bond donors (Lipinski definition) is 2. The van der Waals surface area contributed by atoms with Crippen molar-refractivity contribution in [3.63, 3.8) is 0 Å². The first-order valence-electron chi connectivity index (χ1n) is 8.87. The van der Waals surface area contributed by atoms with Crippen molar-refractivity contribution in [2.75, 3.05) is 17.7 Å². The summed E-state index contributed by atoms with van der Waals surface area (Å²) in [5.74, 6) is 1.21. The van der Waals surface area contributed by atoms with E-state index in [-0.39, 0.29) is 11.9 Å². The molecule has 3 rings (SSSR count). The monoisotopic (exact) mass is 364 g/mol. The largest absolute Gasteiger partial charge is 0.496 e. The van der Waals surface area contributed by atoms with E-state index in [1.165, 1.54) is 6.92 Å². The molecule has 2 N–H and O–H groups in total. The van der Waals surface area contributed by atoms with Crippen LogP contribution in [0.3, 0.4) is 0 Å². The summed E-state index contributed by atoms with van der Waals surface area (Å²) in [5, 5.41) is 6.96. The van der Waals surface area contributed by atoms with Gasteiger partial charge in [0, 0.05) is 41.9 Å². The number of nitrogens with one attached hydrogen (secondary N) is 2. The number of nitrogens with zero attached hydrogens (tertiary/aromatic N) is 2. The second-order valence-electron chi connectivity index (χ2n) is 6.81. The first-order chi connectivity index (χ1) is 12.9. The van der Waals surface area contributed by atoms with Crippen molar-refractivity contribution in [3.8, 4) is 16.9 Å². The van der Waals surface area contributed by atoms with E-state index in [1.54, 1.807) is 7.11 Å². The Morgan fingerprint density at radius 3 is 2.59 bits per heavy atom. The first-order valence-corrected chi connectivity index (χ1v) is 8.87. The average molecular weight is 364 g/mol. The number of anilines is 2. The van der Waals surface area contributed by atoms with Crippen molar-refractivity contribution in [1.29, 1.82) is 0 Å². The van der Waals surface area contributed by atoms with Crippen LogP contribution < -0.4 is 15.4 Å². The summed E-state index contributed by atoms with van der Waals surface area (Å²) in [4.78, 5) is 20.4. The van der Waals surface area contributed by atoms with Crippen molar-refractivity contribution in [2.24, 2.45) is 0 Å². The maximum atomic E-state index is 11.4. The number of carbonyl (C=O) groups is 1. The number of aromatic nitrogens is 2. The van der Waals surface area contributed by atoms with Crippen LogP contribution in [0.4, 0.5) is 11.6 Å². The summed E-state index contributed by atoms with van der Waals surface area (Å²) in [5.41, 5.74) is 4.57. The molecule has 1 aromatic heterocycles. The third-order valence-electron chi connectivity index (χ3n) is 4.17. The lowest BCUT2D eigenvalue weighted by molar-refractivity contribution is -0.114. The Morgan fingerprint density at radius 1 is 1.15 bits per heavy atom. The summed E-state index contributed by atoms with van der Waals surface area (Å²) in [6.07, 6.45) is 1.81. The lowest BCUT2D eigenvalue weighted by Gasteiger charge is -2.15. The molecule has 6 nitrogen and oxygen atoms in total. The zero-order valence-corrected chi connectivity index (χ0v) is 16.3. The summed E-state index contributed by atoms with van der Waals surface area (Å²) < 4.78 is 5.64. The highest BCUT2D eigenvalue weighted by molar-refractivity contribution is 5.92. The summed E-state index contributed by atoms with van der Waals surface area (Å²) >= 11 is 0. The molecule has 0 saturated carbocycles. The van der Waals surface area contributed by atoms with Crippen molar-refractivity contribution < 1.29 is 9.53 Å². The predicted molar refractivity (Wildman–Crippen MR) is 109 cm³/mol. The lowest BCUT2D eigenvalue weighted by Crippen LogP contribution is -2.12. The van der Waals surface area contributed by atoms with Gasteiger partial charge in [-0.2, -0.15) is 0 Å². The molecular formula is C21H24N4O2. The van der Waals surface area contributed by atoms with Gasteiger partial charge in [-0.15, -0.1) is 0 Å². The van der Waals surface area contributed by atoms with Crippen LogP contribution in [0.1, 0.15) is 26.3 Å². The van der Waals surface area contributed by atoms with Gasteiger partial charge < -0.3 is 15.4 Å². The Balaban J connectivity index is 2.12. The maximum absolute atomic E-state index is 11.4. The molecule has 0 spiro atoms. The van der Waals surface area contributed by atoms with Crippen LogP contribution in [-0.4, -0.2) is 29.0 Å². The van der Waals surface area contributed by atoms with E-state index in [0.29, 0.717) is 5.95 Å². The number of ether oxygens (including phenoxy) is 1.